The zero-order valence-corrected chi connectivity index (χ0v) is 12.4. The van der Waals surface area contributed by atoms with E-state index in [1.54, 1.807) is 18.2 Å². The SMILES string of the molecule is O=C(Nc1ccccc1)c1cccc(-c2ccc(Cl)cc2)n1. The molecule has 3 nitrogen and oxygen atoms in total. The van der Waals surface area contributed by atoms with Crippen LogP contribution < -0.4 is 5.32 Å². The third kappa shape index (κ3) is 3.32. The predicted octanol–water partition coefficient (Wildman–Crippen LogP) is 4.65. The highest BCUT2D eigenvalue weighted by Gasteiger charge is 2.09. The van der Waals surface area contributed by atoms with Crippen molar-refractivity contribution in [3.05, 3.63) is 83.5 Å². The van der Waals surface area contributed by atoms with Crippen molar-refractivity contribution in [1.82, 2.24) is 4.98 Å². The monoisotopic (exact) mass is 308 g/mol. The first-order chi connectivity index (χ1) is 10.7. The van der Waals surface area contributed by atoms with E-state index >= 15 is 0 Å². The summed E-state index contributed by atoms with van der Waals surface area (Å²) >= 11 is 5.89. The molecule has 1 N–H and O–H groups in total. The van der Waals surface area contributed by atoms with Gasteiger partial charge in [0.1, 0.15) is 5.69 Å². The van der Waals surface area contributed by atoms with Crippen LogP contribution in [0.3, 0.4) is 0 Å². The lowest BCUT2D eigenvalue weighted by atomic mass is 10.1. The molecule has 1 amide bonds. The standard InChI is InChI=1S/C18H13ClN2O/c19-14-11-9-13(10-12-14)16-7-4-8-17(21-16)18(22)20-15-5-2-1-3-6-15/h1-12H,(H,20,22). The lowest BCUT2D eigenvalue weighted by Crippen LogP contribution is -2.13. The van der Waals surface area contributed by atoms with Crippen LogP contribution in [0.4, 0.5) is 5.69 Å². The summed E-state index contributed by atoms with van der Waals surface area (Å²) in [5, 5.41) is 3.49. The van der Waals surface area contributed by atoms with Gasteiger partial charge in [0.25, 0.3) is 5.91 Å². The van der Waals surface area contributed by atoms with Crippen molar-refractivity contribution in [1.29, 1.82) is 0 Å². The average molecular weight is 309 g/mol. The molecule has 108 valence electrons. The summed E-state index contributed by atoms with van der Waals surface area (Å²) in [6.07, 6.45) is 0. The number of anilines is 1. The number of carbonyl (C=O) groups is 1. The molecule has 22 heavy (non-hydrogen) atoms. The van der Waals surface area contributed by atoms with E-state index in [4.69, 9.17) is 11.6 Å². The summed E-state index contributed by atoms with van der Waals surface area (Å²) in [6, 6.07) is 22.0. The van der Waals surface area contributed by atoms with Gasteiger partial charge in [0.2, 0.25) is 0 Å². The number of para-hydroxylation sites is 1. The summed E-state index contributed by atoms with van der Waals surface area (Å²) in [6.45, 7) is 0. The van der Waals surface area contributed by atoms with Crippen molar-refractivity contribution in [3.63, 3.8) is 0 Å². The highest BCUT2D eigenvalue weighted by molar-refractivity contribution is 6.30. The smallest absolute Gasteiger partial charge is 0.274 e. The minimum atomic E-state index is -0.234. The van der Waals surface area contributed by atoms with Crippen molar-refractivity contribution in [2.45, 2.75) is 0 Å². The Hall–Kier alpha value is -2.65. The zero-order valence-electron chi connectivity index (χ0n) is 11.7. The molecule has 0 fully saturated rings. The number of benzene rings is 2. The molecular formula is C18H13ClN2O. The molecule has 0 saturated heterocycles. The maximum atomic E-state index is 12.3. The van der Waals surface area contributed by atoms with E-state index in [0.717, 1.165) is 16.9 Å². The lowest BCUT2D eigenvalue weighted by Gasteiger charge is -2.06. The van der Waals surface area contributed by atoms with E-state index in [0.29, 0.717) is 10.7 Å². The highest BCUT2D eigenvalue weighted by atomic mass is 35.5. The van der Waals surface area contributed by atoms with E-state index in [-0.39, 0.29) is 5.91 Å². The fourth-order valence-electron chi connectivity index (χ4n) is 2.06. The average Bonchev–Trinajstić information content (AvgIpc) is 2.56. The number of carbonyl (C=O) groups excluding carboxylic acids is 1. The van der Waals surface area contributed by atoms with Crippen LogP contribution in [0, 0.1) is 0 Å². The quantitative estimate of drug-likeness (QED) is 0.765. The Morgan fingerprint density at radius 3 is 2.32 bits per heavy atom. The van der Waals surface area contributed by atoms with Crippen molar-refractivity contribution in [2.24, 2.45) is 0 Å². The van der Waals surface area contributed by atoms with E-state index in [9.17, 15) is 4.79 Å². The molecule has 0 aliphatic heterocycles. The van der Waals surface area contributed by atoms with Gasteiger partial charge in [-0.25, -0.2) is 4.98 Å². The minimum Gasteiger partial charge on any atom is -0.321 e. The van der Waals surface area contributed by atoms with Crippen LogP contribution in [0.2, 0.25) is 5.02 Å². The molecule has 1 aromatic heterocycles. The molecule has 3 aromatic rings. The van der Waals surface area contributed by atoms with Gasteiger partial charge in [-0.05, 0) is 36.4 Å². The van der Waals surface area contributed by atoms with Gasteiger partial charge < -0.3 is 5.32 Å². The molecule has 0 aliphatic rings. The third-order valence-corrected chi connectivity index (χ3v) is 3.41. The third-order valence-electron chi connectivity index (χ3n) is 3.15. The second kappa shape index (κ2) is 6.41. The number of hydrogen-bond donors (Lipinski definition) is 1. The number of hydrogen-bond acceptors (Lipinski definition) is 2. The van der Waals surface area contributed by atoms with Crippen molar-refractivity contribution < 1.29 is 4.79 Å². The molecule has 4 heteroatoms. The van der Waals surface area contributed by atoms with Gasteiger partial charge in [-0.1, -0.05) is 48.0 Å². The van der Waals surface area contributed by atoms with Crippen LogP contribution in [0.1, 0.15) is 10.5 Å². The first kappa shape index (κ1) is 14.3. The minimum absolute atomic E-state index is 0.234. The molecule has 3 rings (SSSR count). The van der Waals surface area contributed by atoms with Gasteiger partial charge in [-0.15, -0.1) is 0 Å². The first-order valence-corrected chi connectivity index (χ1v) is 7.19. The number of halogens is 1. The molecule has 1 heterocycles. The van der Waals surface area contributed by atoms with E-state index < -0.39 is 0 Å². The van der Waals surface area contributed by atoms with Gasteiger partial charge in [-0.3, -0.25) is 4.79 Å². The Labute approximate surface area is 133 Å². The normalized spacial score (nSPS) is 10.2. The van der Waals surface area contributed by atoms with Crippen LogP contribution in [-0.4, -0.2) is 10.9 Å². The van der Waals surface area contributed by atoms with Crippen LogP contribution in [0.25, 0.3) is 11.3 Å². The summed E-state index contributed by atoms with van der Waals surface area (Å²) in [4.78, 5) is 16.7. The molecule has 0 saturated carbocycles. The molecular weight excluding hydrogens is 296 g/mol. The molecule has 0 bridgehead atoms. The Morgan fingerprint density at radius 2 is 1.59 bits per heavy atom. The van der Waals surface area contributed by atoms with Crippen LogP contribution in [0.5, 0.6) is 0 Å². The van der Waals surface area contributed by atoms with Gasteiger partial charge in [0, 0.05) is 16.3 Å². The second-order valence-electron chi connectivity index (χ2n) is 4.74. The van der Waals surface area contributed by atoms with Gasteiger partial charge in [0.15, 0.2) is 0 Å². The summed E-state index contributed by atoms with van der Waals surface area (Å²) in [7, 11) is 0. The molecule has 0 unspecified atom stereocenters. The van der Waals surface area contributed by atoms with Gasteiger partial charge >= 0.3 is 0 Å². The molecule has 0 spiro atoms. The zero-order chi connectivity index (χ0) is 15.4. The fraction of sp³-hybridized carbons (Fsp3) is 0. The Morgan fingerprint density at radius 1 is 0.864 bits per heavy atom. The second-order valence-corrected chi connectivity index (χ2v) is 5.17. The summed E-state index contributed by atoms with van der Waals surface area (Å²) in [5.74, 6) is -0.234. The van der Waals surface area contributed by atoms with Crippen LogP contribution >= 0.6 is 11.6 Å². The molecule has 2 aromatic carbocycles. The van der Waals surface area contributed by atoms with Crippen molar-refractivity contribution >= 4 is 23.2 Å². The van der Waals surface area contributed by atoms with E-state index in [1.807, 2.05) is 54.6 Å². The number of rotatable bonds is 3. The van der Waals surface area contributed by atoms with Crippen LogP contribution in [-0.2, 0) is 0 Å². The Balaban J connectivity index is 1.84. The Bertz CT molecular complexity index is 786. The lowest BCUT2D eigenvalue weighted by molar-refractivity contribution is 0.102. The number of pyridine rings is 1. The van der Waals surface area contributed by atoms with Gasteiger partial charge in [0.05, 0.1) is 5.69 Å². The summed E-state index contributed by atoms with van der Waals surface area (Å²) in [5.41, 5.74) is 2.76. The van der Waals surface area contributed by atoms with E-state index in [2.05, 4.69) is 10.3 Å². The fourth-order valence-corrected chi connectivity index (χ4v) is 2.19. The molecule has 0 atom stereocenters. The predicted molar refractivity (Wildman–Crippen MR) is 89.1 cm³/mol. The number of nitrogens with zero attached hydrogens (tertiary/aromatic N) is 1. The molecule has 0 radical (unpaired) electrons. The van der Waals surface area contributed by atoms with E-state index in [1.165, 1.54) is 0 Å². The Kier molecular flexibility index (Phi) is 4.17. The van der Waals surface area contributed by atoms with Crippen LogP contribution in [0.15, 0.2) is 72.8 Å². The van der Waals surface area contributed by atoms with Gasteiger partial charge in [-0.2, -0.15) is 0 Å². The first-order valence-electron chi connectivity index (χ1n) is 6.82. The topological polar surface area (TPSA) is 42.0 Å². The molecule has 0 aliphatic carbocycles. The largest absolute Gasteiger partial charge is 0.321 e. The van der Waals surface area contributed by atoms with Crippen molar-refractivity contribution in [3.8, 4) is 11.3 Å². The maximum Gasteiger partial charge on any atom is 0.274 e. The number of aromatic nitrogens is 1. The number of amides is 1. The maximum absolute atomic E-state index is 12.3. The number of nitrogens with one attached hydrogen (secondary N) is 1. The van der Waals surface area contributed by atoms with Crippen molar-refractivity contribution in [2.75, 3.05) is 5.32 Å². The summed E-state index contributed by atoms with van der Waals surface area (Å²) < 4.78 is 0. The highest BCUT2D eigenvalue weighted by Crippen LogP contribution is 2.20.